The topological polar surface area (TPSA) is 103 Å². The summed E-state index contributed by atoms with van der Waals surface area (Å²) in [7, 11) is 0. The van der Waals surface area contributed by atoms with Crippen molar-refractivity contribution in [2.75, 3.05) is 11.9 Å². The molecule has 0 aliphatic heterocycles. The first-order valence-electron chi connectivity index (χ1n) is 12.0. The van der Waals surface area contributed by atoms with Gasteiger partial charge in [0.25, 0.3) is 0 Å². The van der Waals surface area contributed by atoms with Gasteiger partial charge >= 0.3 is 0 Å². The number of fused-ring (bicyclic) bond motifs is 5. The molecule has 4 N–H and O–H groups in total. The molecule has 0 spiro atoms. The van der Waals surface area contributed by atoms with Crippen LogP contribution in [0.15, 0.2) is 45.7 Å². The Labute approximate surface area is 202 Å². The molecule has 1 aromatic heterocycles. The maximum atomic E-state index is 12.2. The molecule has 1 fully saturated rings. The maximum absolute atomic E-state index is 12.2. The Kier molecular flexibility index (Phi) is 5.68. The van der Waals surface area contributed by atoms with Crippen LogP contribution in [-0.4, -0.2) is 25.5 Å². The lowest BCUT2D eigenvalue weighted by Gasteiger charge is -2.50. The number of anilines is 1. The molecule has 0 saturated heterocycles. The van der Waals surface area contributed by atoms with Gasteiger partial charge in [-0.1, -0.05) is 45.4 Å². The van der Waals surface area contributed by atoms with E-state index in [9.17, 15) is 19.0 Å². The van der Waals surface area contributed by atoms with E-state index in [0.717, 1.165) is 49.1 Å². The maximum Gasteiger partial charge on any atom is 0.194 e. The van der Waals surface area contributed by atoms with Crippen molar-refractivity contribution < 1.29 is 23.4 Å². The van der Waals surface area contributed by atoms with E-state index >= 15 is 0 Å². The van der Waals surface area contributed by atoms with Crippen molar-refractivity contribution in [3.8, 4) is 11.5 Å². The van der Waals surface area contributed by atoms with E-state index in [-0.39, 0.29) is 27.2 Å². The first-order valence-corrected chi connectivity index (χ1v) is 13.2. The molecule has 2 unspecified atom stereocenters. The van der Waals surface area contributed by atoms with Crippen molar-refractivity contribution in [1.82, 2.24) is 0 Å². The highest BCUT2D eigenvalue weighted by atomic mass is 32.2. The fraction of sp³-hybridized carbons (Fsp3) is 0.481. The second-order valence-electron chi connectivity index (χ2n) is 10.9. The molecule has 4 atom stereocenters. The van der Waals surface area contributed by atoms with Crippen LogP contribution < -0.4 is 5.32 Å². The molecule has 7 heteroatoms. The van der Waals surface area contributed by atoms with Crippen LogP contribution in [0, 0.1) is 11.3 Å². The number of benzene rings is 2. The number of nitrogens with one attached hydrogen (secondary N) is 1. The molecule has 0 radical (unpaired) electrons. The van der Waals surface area contributed by atoms with Gasteiger partial charge in [0.1, 0.15) is 5.76 Å². The van der Waals surface area contributed by atoms with Crippen LogP contribution in [-0.2, 0) is 16.5 Å². The molecule has 5 rings (SSSR count). The van der Waals surface area contributed by atoms with Gasteiger partial charge in [0.05, 0.1) is 0 Å². The Balaban J connectivity index is 1.72. The molecule has 0 amide bonds. The summed E-state index contributed by atoms with van der Waals surface area (Å²) in [4.78, 5) is -0.256. The Hall–Kier alpha value is -2.51. The number of rotatable bonds is 4. The Bertz CT molecular complexity index is 1250. The molecular formula is C27H33NO5S. The highest BCUT2D eigenvalue weighted by molar-refractivity contribution is 7.79. The molecule has 2 aliphatic rings. The molecule has 3 aromatic rings. The van der Waals surface area contributed by atoms with Crippen LogP contribution in [0.1, 0.15) is 70.1 Å². The molecular weight excluding hydrogens is 450 g/mol. The fourth-order valence-electron chi connectivity index (χ4n) is 6.86. The summed E-state index contributed by atoms with van der Waals surface area (Å²) >= 11 is -2.51. The number of hydrogen-bond acceptors (Lipinski definition) is 5. The summed E-state index contributed by atoms with van der Waals surface area (Å²) in [5, 5.41) is 25.1. The molecule has 2 aromatic carbocycles. The third-order valence-electron chi connectivity index (χ3n) is 8.39. The van der Waals surface area contributed by atoms with Crippen molar-refractivity contribution in [2.45, 2.75) is 69.1 Å². The molecule has 0 bridgehead atoms. The van der Waals surface area contributed by atoms with Crippen LogP contribution in [0.2, 0.25) is 0 Å². The van der Waals surface area contributed by atoms with Gasteiger partial charge in [0.2, 0.25) is 0 Å². The van der Waals surface area contributed by atoms with Gasteiger partial charge in [-0.15, -0.1) is 0 Å². The van der Waals surface area contributed by atoms with Crippen molar-refractivity contribution in [3.05, 3.63) is 47.7 Å². The lowest BCUT2D eigenvalue weighted by molar-refractivity contribution is 0.0503. The lowest BCUT2D eigenvalue weighted by atomic mass is 9.53. The van der Waals surface area contributed by atoms with Gasteiger partial charge in [0.15, 0.2) is 33.1 Å². The van der Waals surface area contributed by atoms with Crippen LogP contribution >= 0.6 is 0 Å². The molecule has 182 valence electrons. The normalized spacial score (nSPS) is 26.9. The summed E-state index contributed by atoms with van der Waals surface area (Å²) in [5.41, 5.74) is 2.19. The first kappa shape index (κ1) is 23.2. The largest absolute Gasteiger partial charge is 0.504 e. The predicted octanol–water partition coefficient (Wildman–Crippen LogP) is 6.50. The highest BCUT2D eigenvalue weighted by Crippen LogP contribution is 2.60. The third kappa shape index (κ3) is 3.60. The monoisotopic (exact) mass is 483 g/mol. The van der Waals surface area contributed by atoms with Crippen LogP contribution in [0.3, 0.4) is 0 Å². The van der Waals surface area contributed by atoms with Crippen LogP contribution in [0.4, 0.5) is 5.69 Å². The second-order valence-corrected chi connectivity index (χ2v) is 11.8. The Morgan fingerprint density at radius 2 is 1.85 bits per heavy atom. The summed E-state index contributed by atoms with van der Waals surface area (Å²) in [5.74, 6) is 0.255. The van der Waals surface area contributed by atoms with E-state index in [1.807, 2.05) is 30.3 Å². The fourth-order valence-corrected chi connectivity index (χ4v) is 7.44. The average molecular weight is 484 g/mol. The summed E-state index contributed by atoms with van der Waals surface area (Å²) in [6.45, 7) is 7.64. The Morgan fingerprint density at radius 1 is 1.12 bits per heavy atom. The van der Waals surface area contributed by atoms with Gasteiger partial charge in [-0.3, -0.25) is 0 Å². The smallest absolute Gasteiger partial charge is 0.194 e. The van der Waals surface area contributed by atoms with Crippen molar-refractivity contribution in [3.63, 3.8) is 0 Å². The average Bonchev–Trinajstić information content (AvgIpc) is 3.09. The minimum Gasteiger partial charge on any atom is -0.504 e. The molecule has 6 nitrogen and oxygen atoms in total. The second kappa shape index (κ2) is 8.31. The zero-order valence-corrected chi connectivity index (χ0v) is 20.7. The van der Waals surface area contributed by atoms with E-state index in [0.29, 0.717) is 17.8 Å². The minimum absolute atomic E-state index is 0.0464. The van der Waals surface area contributed by atoms with Gasteiger partial charge in [0, 0.05) is 29.1 Å². The van der Waals surface area contributed by atoms with Crippen molar-refractivity contribution in [1.29, 1.82) is 0 Å². The number of phenolic OH excluding ortho intramolecular Hbond substituents is 2. The number of furan rings is 1. The quantitative estimate of drug-likeness (QED) is 0.250. The Morgan fingerprint density at radius 3 is 2.56 bits per heavy atom. The number of aromatic hydroxyl groups is 2. The van der Waals surface area contributed by atoms with Gasteiger partial charge in [-0.05, 0) is 60.6 Å². The highest BCUT2D eigenvalue weighted by Gasteiger charge is 2.52. The zero-order valence-electron chi connectivity index (χ0n) is 19.9. The number of phenols is 2. The summed E-state index contributed by atoms with van der Waals surface area (Å²) < 4.78 is 28.6. The molecule has 2 aliphatic carbocycles. The van der Waals surface area contributed by atoms with E-state index in [4.69, 9.17) is 4.42 Å². The van der Waals surface area contributed by atoms with Gasteiger partial charge in [-0.25, -0.2) is 4.21 Å². The third-order valence-corrected chi connectivity index (χ3v) is 9.12. The predicted molar refractivity (Wildman–Crippen MR) is 134 cm³/mol. The van der Waals surface area contributed by atoms with E-state index in [2.05, 4.69) is 26.1 Å². The van der Waals surface area contributed by atoms with E-state index < -0.39 is 22.6 Å². The first-order chi connectivity index (χ1) is 16.1. The molecule has 1 saturated carbocycles. The SMILES string of the molecule is CC1(C)CCC[C@@]2(C)c3c(oc4c(S(=O)O)c(O)c(O)cc34)C(CNc3ccccc3)CC[C@H]12. The van der Waals surface area contributed by atoms with Crippen LogP contribution in [0.5, 0.6) is 11.5 Å². The standard InChI is InChI=1S/C27H33NO5S/c1-26(2)12-7-13-27(3)20(26)11-10-16(15-28-17-8-5-4-6-9-17)23-21(27)18-14-19(29)22(30)25(34(31)32)24(18)33-23/h4-6,8-9,14,16,20,28-30H,7,10-13,15H2,1-3H3,(H,31,32)/t16?,20-,27-/m1/s1. The number of para-hydroxylation sites is 1. The van der Waals surface area contributed by atoms with E-state index in [1.54, 1.807) is 0 Å². The minimum atomic E-state index is -2.51. The summed E-state index contributed by atoms with van der Waals surface area (Å²) in [6.07, 6.45) is 5.21. The molecule has 34 heavy (non-hydrogen) atoms. The zero-order chi connectivity index (χ0) is 24.3. The van der Waals surface area contributed by atoms with Gasteiger partial charge < -0.3 is 24.5 Å². The summed E-state index contributed by atoms with van der Waals surface area (Å²) in [6, 6.07) is 11.5. The van der Waals surface area contributed by atoms with Crippen molar-refractivity contribution in [2.24, 2.45) is 11.3 Å². The lowest BCUT2D eigenvalue weighted by Crippen LogP contribution is -2.44. The van der Waals surface area contributed by atoms with Gasteiger partial charge in [-0.2, -0.15) is 0 Å². The number of hydrogen-bond donors (Lipinski definition) is 4. The van der Waals surface area contributed by atoms with Crippen molar-refractivity contribution >= 4 is 27.7 Å². The van der Waals surface area contributed by atoms with E-state index in [1.165, 1.54) is 6.07 Å². The molecule has 1 heterocycles. The van der Waals surface area contributed by atoms with Crippen LogP contribution in [0.25, 0.3) is 11.0 Å².